The molecule has 0 bridgehead atoms. The van der Waals surface area contributed by atoms with Gasteiger partial charge in [0.05, 0.1) is 27.4 Å². The maximum atomic E-state index is 13.0. The van der Waals surface area contributed by atoms with E-state index in [1.54, 1.807) is 0 Å². The molecule has 0 saturated carbocycles. The molecule has 3 aromatic carbocycles. The van der Waals surface area contributed by atoms with E-state index >= 15 is 0 Å². The van der Waals surface area contributed by atoms with Crippen LogP contribution in [0.4, 0.5) is 0 Å². The van der Waals surface area contributed by atoms with E-state index in [4.69, 9.17) is 37.6 Å². The largest absolute Gasteiger partial charge is 0.507 e. The standard InChI is InChI=1S/C37H38O19/c1-49-25-7-16(8-26(50-2)30(25)44)3-6-28(43)51-14-37(48)15-52-36(34(37)47)56-33-32(46)31(45)27(13-38)55-35(33)53-18-10-21(41)29-22(42)12-23(54-24(29)11-18)17-4-5-19(39)20(40)9-17/h3-12,27,31-36,38-41,44-48H,13-15H2,1-2H3/b6-3+/t27-,31-,32+,33-,34+,35-,36+,37-/m1/s1. The number of aromatic hydroxyl groups is 4. The van der Waals surface area contributed by atoms with Gasteiger partial charge in [0.2, 0.25) is 12.0 Å². The first kappa shape index (κ1) is 40.0. The molecule has 2 aliphatic rings. The molecule has 0 aliphatic carbocycles. The third-order valence-corrected chi connectivity index (χ3v) is 9.10. The summed E-state index contributed by atoms with van der Waals surface area (Å²) in [5.41, 5.74) is -2.50. The molecule has 2 saturated heterocycles. The van der Waals surface area contributed by atoms with Crippen LogP contribution in [0.3, 0.4) is 0 Å². The summed E-state index contributed by atoms with van der Waals surface area (Å²) in [5.74, 6) is -2.79. The molecule has 0 unspecified atom stereocenters. The number of benzene rings is 3. The van der Waals surface area contributed by atoms with Crippen molar-refractivity contribution >= 4 is 23.0 Å². The summed E-state index contributed by atoms with van der Waals surface area (Å²) in [5, 5.41) is 93.9. The fourth-order valence-electron chi connectivity index (χ4n) is 6.03. The molecule has 8 atom stereocenters. The Bertz CT molecular complexity index is 2140. The molecule has 9 N–H and O–H groups in total. The SMILES string of the molecule is COc1cc(/C=C/C(=O)OC[C@@]2(O)CO[C@@H](O[C@H]3[C@H](Oc4cc(O)c5c(=O)cc(-c6ccc(O)c(O)c6)oc5c4)O[C@H](CO)[C@@H](O)[C@@H]3O)[C@@H]2O)cc(OC)c1O. The second-order valence-electron chi connectivity index (χ2n) is 12.9. The Labute approximate surface area is 315 Å². The van der Waals surface area contributed by atoms with Crippen molar-refractivity contribution in [2.24, 2.45) is 0 Å². The van der Waals surface area contributed by atoms with Crippen LogP contribution >= 0.6 is 0 Å². The molecule has 0 spiro atoms. The number of esters is 1. The van der Waals surface area contributed by atoms with Crippen LogP contribution in [-0.2, 0) is 23.7 Å². The van der Waals surface area contributed by atoms with Crippen LogP contribution in [0.2, 0.25) is 0 Å². The van der Waals surface area contributed by atoms with Crippen molar-refractivity contribution in [1.82, 2.24) is 0 Å². The smallest absolute Gasteiger partial charge is 0.330 e. The summed E-state index contributed by atoms with van der Waals surface area (Å²) in [6.45, 7) is -2.20. The molecular formula is C37H38O19. The van der Waals surface area contributed by atoms with Crippen LogP contribution in [0.5, 0.6) is 40.2 Å². The average Bonchev–Trinajstić information content (AvgIpc) is 3.45. The summed E-state index contributed by atoms with van der Waals surface area (Å²) in [7, 11) is 2.66. The minimum Gasteiger partial charge on any atom is -0.507 e. The van der Waals surface area contributed by atoms with Crippen molar-refractivity contribution in [2.75, 3.05) is 34.0 Å². The van der Waals surface area contributed by atoms with Crippen molar-refractivity contribution in [1.29, 1.82) is 0 Å². The molecule has 0 amide bonds. The van der Waals surface area contributed by atoms with E-state index < -0.39 is 97.2 Å². The monoisotopic (exact) mass is 786 g/mol. The Morgan fingerprint density at radius 3 is 2.29 bits per heavy atom. The van der Waals surface area contributed by atoms with E-state index in [-0.39, 0.29) is 45.3 Å². The molecule has 19 heteroatoms. The summed E-state index contributed by atoms with van der Waals surface area (Å²) in [6, 6.07) is 9.81. The molecule has 1 aromatic heterocycles. The lowest BCUT2D eigenvalue weighted by atomic mass is 9.98. The first-order chi connectivity index (χ1) is 26.7. The number of hydrogen-bond acceptors (Lipinski definition) is 19. The van der Waals surface area contributed by atoms with Gasteiger partial charge in [-0.15, -0.1) is 0 Å². The van der Waals surface area contributed by atoms with Crippen LogP contribution in [0.15, 0.2) is 63.8 Å². The number of phenols is 4. The summed E-state index contributed by atoms with van der Waals surface area (Å²) < 4.78 is 43.9. The minimum absolute atomic E-state index is 0.0522. The summed E-state index contributed by atoms with van der Waals surface area (Å²) in [4.78, 5) is 25.5. The molecule has 0 radical (unpaired) electrons. The number of methoxy groups -OCH3 is 2. The molecule has 300 valence electrons. The van der Waals surface area contributed by atoms with Gasteiger partial charge >= 0.3 is 5.97 Å². The van der Waals surface area contributed by atoms with Gasteiger partial charge in [0.15, 0.2) is 46.4 Å². The highest BCUT2D eigenvalue weighted by Crippen LogP contribution is 2.39. The zero-order valence-corrected chi connectivity index (χ0v) is 29.5. The number of carbonyl (C=O) groups excluding carboxylic acids is 1. The van der Waals surface area contributed by atoms with Gasteiger partial charge in [-0.1, -0.05) is 0 Å². The fraction of sp³-hybridized carbons (Fsp3) is 0.351. The molecule has 2 fully saturated rings. The second-order valence-corrected chi connectivity index (χ2v) is 12.9. The number of aliphatic hydroxyl groups excluding tert-OH is 4. The predicted octanol–water partition coefficient (Wildman–Crippen LogP) is 0.207. The molecule has 6 rings (SSSR count). The zero-order valence-electron chi connectivity index (χ0n) is 29.5. The topological polar surface area (TPSA) is 294 Å². The van der Waals surface area contributed by atoms with E-state index in [2.05, 4.69) is 0 Å². The van der Waals surface area contributed by atoms with Gasteiger partial charge in [-0.25, -0.2) is 4.79 Å². The third-order valence-electron chi connectivity index (χ3n) is 9.10. The van der Waals surface area contributed by atoms with Gasteiger partial charge in [-0.2, -0.15) is 0 Å². The second kappa shape index (κ2) is 16.2. The number of phenolic OH excluding ortho intramolecular Hbond substituents is 4. The quantitative estimate of drug-likeness (QED) is 0.0527. The Hall–Kier alpha value is -5.64. The normalized spacial score (nSPS) is 26.4. The van der Waals surface area contributed by atoms with E-state index in [1.807, 2.05) is 0 Å². The highest BCUT2D eigenvalue weighted by Gasteiger charge is 2.54. The van der Waals surface area contributed by atoms with Crippen LogP contribution in [0.1, 0.15) is 5.56 Å². The maximum Gasteiger partial charge on any atom is 0.330 e. The van der Waals surface area contributed by atoms with Gasteiger partial charge in [0, 0.05) is 29.8 Å². The lowest BCUT2D eigenvalue weighted by Gasteiger charge is -2.42. The van der Waals surface area contributed by atoms with Crippen molar-refractivity contribution in [3.63, 3.8) is 0 Å². The van der Waals surface area contributed by atoms with Crippen molar-refractivity contribution in [3.8, 4) is 51.6 Å². The molecule has 56 heavy (non-hydrogen) atoms. The van der Waals surface area contributed by atoms with Gasteiger partial charge in [-0.05, 0) is 42.0 Å². The molecule has 19 nitrogen and oxygen atoms in total. The lowest BCUT2D eigenvalue weighted by molar-refractivity contribution is -0.318. The molecule has 2 aliphatic heterocycles. The number of rotatable bonds is 12. The van der Waals surface area contributed by atoms with E-state index in [9.17, 15) is 55.5 Å². The minimum atomic E-state index is -2.23. The first-order valence-corrected chi connectivity index (χ1v) is 16.8. The molecular weight excluding hydrogens is 748 g/mol. The van der Waals surface area contributed by atoms with Gasteiger partial charge < -0.3 is 83.5 Å². The first-order valence-electron chi connectivity index (χ1n) is 16.8. The Kier molecular flexibility index (Phi) is 11.6. The fourth-order valence-corrected chi connectivity index (χ4v) is 6.03. The van der Waals surface area contributed by atoms with Crippen LogP contribution < -0.4 is 19.6 Å². The molecule has 3 heterocycles. The number of hydrogen-bond donors (Lipinski definition) is 9. The van der Waals surface area contributed by atoms with Crippen molar-refractivity contribution in [3.05, 3.63) is 70.4 Å². The summed E-state index contributed by atoms with van der Waals surface area (Å²) in [6.07, 6.45) is -9.77. The molecule has 4 aromatic rings. The highest BCUT2D eigenvalue weighted by atomic mass is 16.8. The average molecular weight is 787 g/mol. The summed E-state index contributed by atoms with van der Waals surface area (Å²) >= 11 is 0. The number of ether oxygens (including phenoxy) is 7. The maximum absolute atomic E-state index is 13.0. The highest BCUT2D eigenvalue weighted by molar-refractivity contribution is 5.87. The third kappa shape index (κ3) is 8.01. The van der Waals surface area contributed by atoms with Crippen LogP contribution in [-0.4, -0.2) is 135 Å². The van der Waals surface area contributed by atoms with Gasteiger partial charge in [0.25, 0.3) is 0 Å². The zero-order chi connectivity index (χ0) is 40.5. The van der Waals surface area contributed by atoms with Crippen molar-refractivity contribution < 1.29 is 88.3 Å². The number of carbonyl (C=O) groups is 1. The number of fused-ring (bicyclic) bond motifs is 1. The van der Waals surface area contributed by atoms with Gasteiger partial charge in [0.1, 0.15) is 59.3 Å². The predicted molar refractivity (Wildman–Crippen MR) is 188 cm³/mol. The Morgan fingerprint density at radius 2 is 1.62 bits per heavy atom. The van der Waals surface area contributed by atoms with Crippen LogP contribution in [0, 0.1) is 0 Å². The van der Waals surface area contributed by atoms with E-state index in [1.165, 1.54) is 50.6 Å². The Balaban J connectivity index is 1.18. The van der Waals surface area contributed by atoms with E-state index in [0.29, 0.717) is 5.56 Å². The Morgan fingerprint density at radius 1 is 0.911 bits per heavy atom. The van der Waals surface area contributed by atoms with Crippen LogP contribution in [0.25, 0.3) is 28.4 Å². The number of aliphatic hydroxyl groups is 5. The van der Waals surface area contributed by atoms with Gasteiger partial charge in [-0.3, -0.25) is 4.79 Å². The lowest BCUT2D eigenvalue weighted by Crippen LogP contribution is -2.62. The van der Waals surface area contributed by atoms with E-state index in [0.717, 1.165) is 24.3 Å². The van der Waals surface area contributed by atoms with Crippen molar-refractivity contribution in [2.45, 2.75) is 48.7 Å².